The minimum absolute atomic E-state index is 0.191. The second-order valence-corrected chi connectivity index (χ2v) is 5.77. The molecule has 3 nitrogen and oxygen atoms in total. The van der Waals surface area contributed by atoms with Crippen LogP contribution in [-0.2, 0) is 0 Å². The Hall–Kier alpha value is -1.79. The van der Waals surface area contributed by atoms with E-state index in [1.807, 2.05) is 11.4 Å². The lowest BCUT2D eigenvalue weighted by Crippen LogP contribution is -2.02. The molecule has 2 aromatic heterocycles. The van der Waals surface area contributed by atoms with Crippen LogP contribution in [0.5, 0.6) is 0 Å². The smallest absolute Gasteiger partial charge is 0.353 e. The van der Waals surface area contributed by atoms with Crippen LogP contribution < -0.4 is 0 Å². The monoisotopic (exact) mass is 293 g/mol. The molecule has 0 saturated carbocycles. The largest absolute Gasteiger partial charge is 0.477 e. The second kappa shape index (κ2) is 4.71. The average molecular weight is 293 g/mol. The Bertz CT molecular complexity index is 763. The van der Waals surface area contributed by atoms with Gasteiger partial charge in [0.25, 0.3) is 0 Å². The van der Waals surface area contributed by atoms with Gasteiger partial charge in [0, 0.05) is 10.3 Å². The van der Waals surface area contributed by atoms with E-state index < -0.39 is 5.97 Å². The van der Waals surface area contributed by atoms with Crippen molar-refractivity contribution in [2.45, 2.75) is 4.90 Å². The van der Waals surface area contributed by atoms with Crippen molar-refractivity contribution < 1.29 is 14.3 Å². The van der Waals surface area contributed by atoms with Gasteiger partial charge >= 0.3 is 5.97 Å². The normalized spacial score (nSPS) is 11.0. The number of aromatic nitrogens is 1. The highest BCUT2D eigenvalue weighted by molar-refractivity contribution is 7.98. The number of carbonyl (C=O) groups is 1. The van der Waals surface area contributed by atoms with Gasteiger partial charge < -0.3 is 5.11 Å². The number of nitrogens with zero attached hydrogens (tertiary/aromatic N) is 1. The third kappa shape index (κ3) is 2.24. The fourth-order valence-electron chi connectivity index (χ4n) is 1.77. The number of hydrogen-bond donors (Lipinski definition) is 1. The summed E-state index contributed by atoms with van der Waals surface area (Å²) >= 11 is 2.66. The van der Waals surface area contributed by atoms with Gasteiger partial charge in [0.2, 0.25) is 0 Å². The quantitative estimate of drug-likeness (QED) is 0.790. The molecule has 96 valence electrons. The standard InChI is InChI=1S/C13H8FNO2S2/c14-9-2-1-3-10(7-9)19-15-11(13(16)17)6-8-4-5-18-12(8)15/h1-7H,(H,16,17). The lowest BCUT2D eigenvalue weighted by molar-refractivity contribution is 0.0690. The SMILES string of the molecule is O=C(O)c1cc2ccsc2n1Sc1cccc(F)c1. The van der Waals surface area contributed by atoms with E-state index in [-0.39, 0.29) is 11.5 Å². The van der Waals surface area contributed by atoms with Crippen molar-refractivity contribution in [1.82, 2.24) is 3.97 Å². The number of fused-ring (bicyclic) bond motifs is 1. The molecule has 6 heteroatoms. The first-order chi connectivity index (χ1) is 9.15. The number of benzene rings is 1. The van der Waals surface area contributed by atoms with E-state index in [4.69, 9.17) is 0 Å². The summed E-state index contributed by atoms with van der Waals surface area (Å²) in [6, 6.07) is 9.59. The highest BCUT2D eigenvalue weighted by atomic mass is 32.2. The third-order valence-corrected chi connectivity index (χ3v) is 4.64. The van der Waals surface area contributed by atoms with Gasteiger partial charge in [-0.15, -0.1) is 11.3 Å². The lowest BCUT2D eigenvalue weighted by atomic mass is 10.4. The number of carboxylic acid groups (broad SMARTS) is 1. The first-order valence-corrected chi connectivity index (χ1v) is 7.06. The Balaban J connectivity index is 2.10. The van der Waals surface area contributed by atoms with Crippen LogP contribution in [0.25, 0.3) is 10.2 Å². The number of aromatic carboxylic acids is 1. The van der Waals surface area contributed by atoms with Gasteiger partial charge in [0.15, 0.2) is 0 Å². The molecule has 1 N–H and O–H groups in total. The van der Waals surface area contributed by atoms with E-state index in [0.717, 1.165) is 10.2 Å². The molecule has 2 heterocycles. The van der Waals surface area contributed by atoms with E-state index in [2.05, 4.69) is 0 Å². The number of carboxylic acids is 1. The average Bonchev–Trinajstić information content (AvgIpc) is 2.92. The number of rotatable bonds is 3. The highest BCUT2D eigenvalue weighted by Gasteiger charge is 2.16. The van der Waals surface area contributed by atoms with E-state index >= 15 is 0 Å². The van der Waals surface area contributed by atoms with E-state index in [0.29, 0.717) is 4.90 Å². The van der Waals surface area contributed by atoms with Crippen molar-refractivity contribution in [3.05, 3.63) is 53.3 Å². The molecule has 3 aromatic rings. The predicted octanol–water partition coefficient (Wildman–Crippen LogP) is 4.10. The summed E-state index contributed by atoms with van der Waals surface area (Å²) < 4.78 is 14.8. The Kier molecular flexibility index (Phi) is 3.04. The summed E-state index contributed by atoms with van der Waals surface area (Å²) in [6.45, 7) is 0. The summed E-state index contributed by atoms with van der Waals surface area (Å²) in [4.78, 5) is 12.8. The molecule has 19 heavy (non-hydrogen) atoms. The maximum atomic E-state index is 13.2. The van der Waals surface area contributed by atoms with Gasteiger partial charge in [-0.05, 0) is 47.7 Å². The number of thiophene rings is 1. The molecule has 0 aliphatic carbocycles. The Morgan fingerprint density at radius 3 is 2.89 bits per heavy atom. The zero-order chi connectivity index (χ0) is 13.4. The number of halogens is 1. The van der Waals surface area contributed by atoms with Gasteiger partial charge in [-0.3, -0.25) is 3.97 Å². The van der Waals surface area contributed by atoms with Crippen molar-refractivity contribution in [2.24, 2.45) is 0 Å². The molecule has 1 aromatic carbocycles. The van der Waals surface area contributed by atoms with Gasteiger partial charge in [-0.25, -0.2) is 9.18 Å². The summed E-state index contributed by atoms with van der Waals surface area (Å²) in [6.07, 6.45) is 0. The van der Waals surface area contributed by atoms with Crippen LogP contribution >= 0.6 is 23.3 Å². The zero-order valence-corrected chi connectivity index (χ0v) is 11.2. The van der Waals surface area contributed by atoms with Gasteiger partial charge in [0.05, 0.1) is 0 Å². The summed E-state index contributed by atoms with van der Waals surface area (Å²) in [5.74, 6) is -1.33. The van der Waals surface area contributed by atoms with Crippen molar-refractivity contribution in [3.8, 4) is 0 Å². The topological polar surface area (TPSA) is 42.2 Å². The third-order valence-electron chi connectivity index (χ3n) is 2.58. The van der Waals surface area contributed by atoms with Crippen LogP contribution in [0.15, 0.2) is 46.7 Å². The molecule has 0 aliphatic heterocycles. The molecule has 0 atom stereocenters. The van der Waals surface area contributed by atoms with Crippen LogP contribution in [0.2, 0.25) is 0 Å². The molecule has 0 spiro atoms. The predicted molar refractivity (Wildman–Crippen MR) is 74.4 cm³/mol. The zero-order valence-electron chi connectivity index (χ0n) is 9.54. The molecular weight excluding hydrogens is 285 g/mol. The van der Waals surface area contributed by atoms with Crippen LogP contribution in [0.4, 0.5) is 4.39 Å². The number of hydrogen-bond acceptors (Lipinski definition) is 3. The molecular formula is C13H8FNO2S2. The lowest BCUT2D eigenvalue weighted by Gasteiger charge is -2.06. The van der Waals surface area contributed by atoms with Crippen molar-refractivity contribution in [2.75, 3.05) is 0 Å². The first kappa shape index (κ1) is 12.3. The Morgan fingerprint density at radius 1 is 1.32 bits per heavy atom. The van der Waals surface area contributed by atoms with E-state index in [9.17, 15) is 14.3 Å². The second-order valence-electron chi connectivity index (χ2n) is 3.86. The van der Waals surface area contributed by atoms with Crippen molar-refractivity contribution >= 4 is 39.5 Å². The summed E-state index contributed by atoms with van der Waals surface area (Å²) in [5.41, 5.74) is 0.191. The summed E-state index contributed by atoms with van der Waals surface area (Å²) in [5, 5.41) is 12.0. The van der Waals surface area contributed by atoms with Crippen LogP contribution in [0.1, 0.15) is 10.5 Å². The Labute approximate surface area is 116 Å². The van der Waals surface area contributed by atoms with Crippen molar-refractivity contribution in [1.29, 1.82) is 0 Å². The first-order valence-electron chi connectivity index (χ1n) is 5.41. The van der Waals surface area contributed by atoms with E-state index in [1.54, 1.807) is 22.2 Å². The molecule has 0 fully saturated rings. The van der Waals surface area contributed by atoms with Crippen molar-refractivity contribution in [3.63, 3.8) is 0 Å². The minimum Gasteiger partial charge on any atom is -0.477 e. The molecule has 0 bridgehead atoms. The van der Waals surface area contributed by atoms with Gasteiger partial charge in [-0.2, -0.15) is 0 Å². The highest BCUT2D eigenvalue weighted by Crippen LogP contribution is 2.33. The Morgan fingerprint density at radius 2 is 2.16 bits per heavy atom. The maximum absolute atomic E-state index is 13.2. The molecule has 0 amide bonds. The molecule has 0 aliphatic rings. The van der Waals surface area contributed by atoms with E-state index in [1.165, 1.54) is 35.4 Å². The van der Waals surface area contributed by atoms with Crippen LogP contribution in [0.3, 0.4) is 0 Å². The fourth-order valence-corrected chi connectivity index (χ4v) is 3.74. The molecule has 0 unspecified atom stereocenters. The van der Waals surface area contributed by atoms with Crippen LogP contribution in [0, 0.1) is 5.82 Å². The fraction of sp³-hybridized carbons (Fsp3) is 0. The summed E-state index contributed by atoms with van der Waals surface area (Å²) in [7, 11) is 0. The van der Waals surface area contributed by atoms with Gasteiger partial charge in [-0.1, -0.05) is 6.07 Å². The van der Waals surface area contributed by atoms with Gasteiger partial charge in [0.1, 0.15) is 16.3 Å². The molecule has 0 radical (unpaired) electrons. The maximum Gasteiger partial charge on any atom is 0.353 e. The molecule has 0 saturated heterocycles. The minimum atomic E-state index is -0.993. The molecule has 3 rings (SSSR count). The van der Waals surface area contributed by atoms with Crippen LogP contribution in [-0.4, -0.2) is 15.0 Å².